The minimum absolute atomic E-state index is 0.280. The molecule has 6 heteroatoms. The van der Waals surface area contributed by atoms with Crippen molar-refractivity contribution in [1.82, 2.24) is 0 Å². The van der Waals surface area contributed by atoms with E-state index in [0.29, 0.717) is 22.5 Å². The number of carbonyl (C=O) groups excluding carboxylic acids is 2. The average molecular weight is 352 g/mol. The largest absolute Gasteiger partial charge is 0.465 e. The molecule has 0 aliphatic rings. The van der Waals surface area contributed by atoms with Crippen LogP contribution in [-0.2, 0) is 4.74 Å². The van der Waals surface area contributed by atoms with E-state index in [4.69, 9.17) is 9.15 Å². The van der Waals surface area contributed by atoms with Gasteiger partial charge in [0.25, 0.3) is 0 Å². The van der Waals surface area contributed by atoms with Crippen molar-refractivity contribution >= 4 is 22.9 Å². The zero-order chi connectivity index (χ0) is 18.8. The molecule has 26 heavy (non-hydrogen) atoms. The highest BCUT2D eigenvalue weighted by atomic mass is 16.5. The lowest BCUT2D eigenvalue weighted by molar-refractivity contribution is 0.0599. The SMILES string of the molecule is COC(=O)c1ccc(C(=O)Oc2ccc3c(C)cc(=O)oc3c2C)cc1. The van der Waals surface area contributed by atoms with Gasteiger partial charge >= 0.3 is 17.6 Å². The standard InChI is InChI=1S/C20H16O6/c1-11-10-17(21)26-18-12(2)16(9-8-15(11)18)25-20(23)14-6-4-13(5-7-14)19(22)24-3/h4-10H,1-3H3. The molecular formula is C20H16O6. The van der Waals surface area contributed by atoms with E-state index in [9.17, 15) is 14.4 Å². The maximum atomic E-state index is 12.4. The molecule has 0 spiro atoms. The summed E-state index contributed by atoms with van der Waals surface area (Å²) in [6, 6.07) is 10.7. The lowest BCUT2D eigenvalue weighted by Crippen LogP contribution is -2.10. The summed E-state index contributed by atoms with van der Waals surface area (Å²) in [4.78, 5) is 35.4. The second-order valence-corrected chi connectivity index (χ2v) is 5.77. The Morgan fingerprint density at radius 3 is 2.15 bits per heavy atom. The molecule has 0 N–H and O–H groups in total. The summed E-state index contributed by atoms with van der Waals surface area (Å²) >= 11 is 0. The summed E-state index contributed by atoms with van der Waals surface area (Å²) < 4.78 is 15.3. The van der Waals surface area contributed by atoms with E-state index in [1.54, 1.807) is 19.1 Å². The molecule has 0 aliphatic heterocycles. The number of benzene rings is 2. The molecule has 6 nitrogen and oxygen atoms in total. The van der Waals surface area contributed by atoms with E-state index in [2.05, 4.69) is 4.74 Å². The molecule has 0 aliphatic carbocycles. The van der Waals surface area contributed by atoms with Gasteiger partial charge in [-0.25, -0.2) is 14.4 Å². The molecule has 0 amide bonds. The summed E-state index contributed by atoms with van der Waals surface area (Å²) in [7, 11) is 1.28. The molecule has 0 saturated heterocycles. The van der Waals surface area contributed by atoms with E-state index in [1.807, 2.05) is 6.92 Å². The van der Waals surface area contributed by atoms with Crippen molar-refractivity contribution in [3.63, 3.8) is 0 Å². The lowest BCUT2D eigenvalue weighted by atomic mass is 10.1. The van der Waals surface area contributed by atoms with Gasteiger partial charge in [0, 0.05) is 17.0 Å². The average Bonchev–Trinajstić information content (AvgIpc) is 2.63. The summed E-state index contributed by atoms with van der Waals surface area (Å²) in [6.07, 6.45) is 0. The van der Waals surface area contributed by atoms with Crippen molar-refractivity contribution in [2.45, 2.75) is 13.8 Å². The highest BCUT2D eigenvalue weighted by molar-refractivity contribution is 5.95. The third kappa shape index (κ3) is 3.21. The highest BCUT2D eigenvalue weighted by Gasteiger charge is 2.15. The Bertz CT molecular complexity index is 1060. The van der Waals surface area contributed by atoms with Crippen LogP contribution in [0.15, 0.2) is 51.7 Å². The number of carbonyl (C=O) groups is 2. The number of aryl methyl sites for hydroxylation is 2. The van der Waals surface area contributed by atoms with Crippen LogP contribution in [0.3, 0.4) is 0 Å². The minimum Gasteiger partial charge on any atom is -0.465 e. The predicted octanol–water partition coefficient (Wildman–Crippen LogP) is 3.42. The van der Waals surface area contributed by atoms with Crippen LogP contribution in [0.25, 0.3) is 11.0 Å². The highest BCUT2D eigenvalue weighted by Crippen LogP contribution is 2.28. The molecule has 0 bridgehead atoms. The smallest absolute Gasteiger partial charge is 0.343 e. The topological polar surface area (TPSA) is 82.8 Å². The maximum absolute atomic E-state index is 12.4. The molecule has 3 aromatic rings. The molecule has 1 aromatic heterocycles. The van der Waals surface area contributed by atoms with Crippen LogP contribution in [0, 0.1) is 13.8 Å². The number of methoxy groups -OCH3 is 1. The molecule has 132 valence electrons. The van der Waals surface area contributed by atoms with Crippen molar-refractivity contribution in [2.75, 3.05) is 7.11 Å². The first-order valence-electron chi connectivity index (χ1n) is 7.85. The van der Waals surface area contributed by atoms with Crippen molar-refractivity contribution in [3.8, 4) is 5.75 Å². The fraction of sp³-hybridized carbons (Fsp3) is 0.150. The van der Waals surface area contributed by atoms with Crippen molar-refractivity contribution < 1.29 is 23.5 Å². The third-order valence-corrected chi connectivity index (χ3v) is 4.06. The van der Waals surface area contributed by atoms with E-state index >= 15 is 0 Å². The fourth-order valence-corrected chi connectivity index (χ4v) is 2.63. The van der Waals surface area contributed by atoms with Crippen LogP contribution in [0.2, 0.25) is 0 Å². The number of hydrogen-bond donors (Lipinski definition) is 0. The normalized spacial score (nSPS) is 10.6. The molecule has 0 fully saturated rings. The zero-order valence-electron chi connectivity index (χ0n) is 14.5. The first-order valence-corrected chi connectivity index (χ1v) is 7.85. The maximum Gasteiger partial charge on any atom is 0.343 e. The fourth-order valence-electron chi connectivity index (χ4n) is 2.63. The first-order chi connectivity index (χ1) is 12.4. The zero-order valence-corrected chi connectivity index (χ0v) is 14.5. The predicted molar refractivity (Wildman–Crippen MR) is 94.7 cm³/mol. The molecule has 0 radical (unpaired) electrons. The second-order valence-electron chi connectivity index (χ2n) is 5.77. The summed E-state index contributed by atoms with van der Waals surface area (Å²) in [5, 5.41) is 0.782. The van der Waals surface area contributed by atoms with Crippen LogP contribution >= 0.6 is 0 Å². The van der Waals surface area contributed by atoms with Crippen LogP contribution in [0.4, 0.5) is 0 Å². The van der Waals surface area contributed by atoms with Gasteiger partial charge in [-0.05, 0) is 55.8 Å². The second kappa shape index (κ2) is 6.84. The monoisotopic (exact) mass is 352 g/mol. The number of hydrogen-bond acceptors (Lipinski definition) is 6. The number of fused-ring (bicyclic) bond motifs is 1. The van der Waals surface area contributed by atoms with Gasteiger partial charge in [-0.1, -0.05) is 0 Å². The molecule has 0 saturated carbocycles. The van der Waals surface area contributed by atoms with Gasteiger partial charge < -0.3 is 13.9 Å². The Labute approximate surface area is 149 Å². The molecule has 0 atom stereocenters. The van der Waals surface area contributed by atoms with Crippen LogP contribution < -0.4 is 10.4 Å². The van der Waals surface area contributed by atoms with E-state index in [1.165, 1.54) is 37.4 Å². The Morgan fingerprint density at radius 2 is 1.54 bits per heavy atom. The minimum atomic E-state index is -0.584. The van der Waals surface area contributed by atoms with E-state index < -0.39 is 17.6 Å². The quantitative estimate of drug-likeness (QED) is 0.408. The molecule has 1 heterocycles. The van der Waals surface area contributed by atoms with E-state index in [-0.39, 0.29) is 5.56 Å². The van der Waals surface area contributed by atoms with Crippen LogP contribution in [0.1, 0.15) is 31.8 Å². The van der Waals surface area contributed by atoms with Gasteiger partial charge in [0.2, 0.25) is 0 Å². The van der Waals surface area contributed by atoms with Crippen LogP contribution in [-0.4, -0.2) is 19.0 Å². The van der Waals surface area contributed by atoms with Crippen LogP contribution in [0.5, 0.6) is 5.75 Å². The Morgan fingerprint density at radius 1 is 0.923 bits per heavy atom. The first kappa shape index (κ1) is 17.4. The van der Waals surface area contributed by atoms with Crippen molar-refractivity contribution in [3.05, 3.63) is 75.1 Å². The van der Waals surface area contributed by atoms with Gasteiger partial charge in [-0.15, -0.1) is 0 Å². The Kier molecular flexibility index (Phi) is 4.58. The number of esters is 2. The summed E-state index contributed by atoms with van der Waals surface area (Å²) in [6.45, 7) is 3.53. The molecule has 3 rings (SSSR count). The summed E-state index contributed by atoms with van der Waals surface area (Å²) in [5.41, 5.74) is 1.89. The van der Waals surface area contributed by atoms with Gasteiger partial charge in [0.1, 0.15) is 11.3 Å². The van der Waals surface area contributed by atoms with Gasteiger partial charge in [0.15, 0.2) is 0 Å². The third-order valence-electron chi connectivity index (χ3n) is 4.06. The number of ether oxygens (including phenoxy) is 2. The van der Waals surface area contributed by atoms with Crippen molar-refractivity contribution in [1.29, 1.82) is 0 Å². The molecule has 2 aromatic carbocycles. The Balaban J connectivity index is 1.91. The Hall–Kier alpha value is -3.41. The molecule has 0 unspecified atom stereocenters. The van der Waals surface area contributed by atoms with Gasteiger partial charge in [-0.3, -0.25) is 0 Å². The summed E-state index contributed by atoms with van der Waals surface area (Å²) in [5.74, 6) is -0.771. The number of rotatable bonds is 3. The van der Waals surface area contributed by atoms with Gasteiger partial charge in [0.05, 0.1) is 18.2 Å². The lowest BCUT2D eigenvalue weighted by Gasteiger charge is -2.10. The van der Waals surface area contributed by atoms with Crippen molar-refractivity contribution in [2.24, 2.45) is 0 Å². The molecular weight excluding hydrogens is 336 g/mol. The van der Waals surface area contributed by atoms with E-state index in [0.717, 1.165) is 10.9 Å². The van der Waals surface area contributed by atoms with Gasteiger partial charge in [-0.2, -0.15) is 0 Å².